The summed E-state index contributed by atoms with van der Waals surface area (Å²) in [7, 11) is 0. The lowest BCUT2D eigenvalue weighted by molar-refractivity contribution is 0.283. The van der Waals surface area contributed by atoms with Crippen LogP contribution in [0.2, 0.25) is 0 Å². The number of rotatable bonds is 2. The number of hydrogen-bond donors (Lipinski definition) is 2. The Morgan fingerprint density at radius 2 is 2.20 bits per heavy atom. The minimum atomic E-state index is -0.0478. The zero-order valence-corrected chi connectivity index (χ0v) is 8.81. The number of hydrogen-bond acceptors (Lipinski definition) is 4. The van der Waals surface area contributed by atoms with Crippen LogP contribution in [0.5, 0.6) is 0 Å². The summed E-state index contributed by atoms with van der Waals surface area (Å²) in [6, 6.07) is 0.280. The summed E-state index contributed by atoms with van der Waals surface area (Å²) in [4.78, 5) is 8.12. The molecule has 0 radical (unpaired) electrons. The molecule has 2 heterocycles. The smallest absolute Gasteiger partial charge is 0.146 e. The Bertz CT molecular complexity index is 489. The fourth-order valence-electron chi connectivity index (χ4n) is 1.70. The van der Waals surface area contributed by atoms with E-state index in [4.69, 9.17) is 5.73 Å². The molecule has 0 aliphatic rings. The largest absolute Gasteiger partial charge is 0.392 e. The summed E-state index contributed by atoms with van der Waals surface area (Å²) in [5.41, 5.74) is 7.32. The lowest BCUT2D eigenvalue weighted by Gasteiger charge is -2.07. The second-order valence-corrected chi connectivity index (χ2v) is 3.77. The highest BCUT2D eigenvalue weighted by molar-refractivity contribution is 5.89. The van der Waals surface area contributed by atoms with Crippen molar-refractivity contribution in [3.8, 4) is 0 Å². The van der Waals surface area contributed by atoms with Gasteiger partial charge in [-0.3, -0.25) is 0 Å². The van der Waals surface area contributed by atoms with E-state index >= 15 is 0 Å². The highest BCUT2D eigenvalue weighted by Gasteiger charge is 2.13. The molecule has 3 N–H and O–H groups in total. The molecule has 2 aromatic rings. The van der Waals surface area contributed by atoms with Gasteiger partial charge >= 0.3 is 0 Å². The molecule has 5 heteroatoms. The molecule has 0 spiro atoms. The molecule has 0 saturated carbocycles. The van der Waals surface area contributed by atoms with E-state index in [1.165, 1.54) is 6.33 Å². The summed E-state index contributed by atoms with van der Waals surface area (Å²) in [6.45, 7) is 4.06. The molecular formula is C10H14N4O. The van der Waals surface area contributed by atoms with Gasteiger partial charge in [-0.2, -0.15) is 0 Å². The quantitative estimate of drug-likeness (QED) is 0.771. The predicted molar refractivity (Wildman–Crippen MR) is 58.2 cm³/mol. The number of anilines is 1. The van der Waals surface area contributed by atoms with Crippen molar-refractivity contribution in [2.45, 2.75) is 26.5 Å². The standard InChI is InChI=1S/C10H14N4O/c1-6(2)14-3-7(4-15)8-9(11)12-5-13-10(8)14/h3,5-6,15H,4H2,1-2H3,(H2,11,12,13). The molecule has 2 rings (SSSR count). The van der Waals surface area contributed by atoms with Gasteiger partial charge in [0, 0.05) is 17.8 Å². The third kappa shape index (κ3) is 1.45. The van der Waals surface area contributed by atoms with Gasteiger partial charge in [0.25, 0.3) is 0 Å². The van der Waals surface area contributed by atoms with Gasteiger partial charge in [-0.1, -0.05) is 0 Å². The minimum Gasteiger partial charge on any atom is -0.392 e. The molecule has 80 valence electrons. The van der Waals surface area contributed by atoms with Crippen LogP contribution in [0.15, 0.2) is 12.5 Å². The van der Waals surface area contributed by atoms with Gasteiger partial charge in [-0.25, -0.2) is 9.97 Å². The van der Waals surface area contributed by atoms with Crippen LogP contribution < -0.4 is 5.73 Å². The molecule has 5 nitrogen and oxygen atoms in total. The van der Waals surface area contributed by atoms with E-state index < -0.39 is 0 Å². The van der Waals surface area contributed by atoms with E-state index in [9.17, 15) is 5.11 Å². The number of nitrogen functional groups attached to an aromatic ring is 1. The van der Waals surface area contributed by atoms with Crippen molar-refractivity contribution in [2.75, 3.05) is 5.73 Å². The number of aliphatic hydroxyl groups is 1. The fraction of sp³-hybridized carbons (Fsp3) is 0.400. The number of aromatic nitrogens is 3. The second-order valence-electron chi connectivity index (χ2n) is 3.77. The topological polar surface area (TPSA) is 77.0 Å². The highest BCUT2D eigenvalue weighted by Crippen LogP contribution is 2.26. The molecule has 15 heavy (non-hydrogen) atoms. The first-order valence-corrected chi connectivity index (χ1v) is 4.86. The normalized spacial score (nSPS) is 11.5. The molecule has 0 aliphatic heterocycles. The van der Waals surface area contributed by atoms with E-state index in [-0.39, 0.29) is 12.6 Å². The number of aliphatic hydroxyl groups excluding tert-OH is 1. The van der Waals surface area contributed by atoms with Crippen molar-refractivity contribution in [2.24, 2.45) is 0 Å². The molecule has 0 amide bonds. The van der Waals surface area contributed by atoms with Gasteiger partial charge in [0.05, 0.1) is 12.0 Å². The van der Waals surface area contributed by atoms with Gasteiger partial charge in [-0.15, -0.1) is 0 Å². The van der Waals surface area contributed by atoms with Crippen molar-refractivity contribution in [3.05, 3.63) is 18.1 Å². The van der Waals surface area contributed by atoms with Crippen molar-refractivity contribution in [1.29, 1.82) is 0 Å². The van der Waals surface area contributed by atoms with Crippen LogP contribution in [0.4, 0.5) is 5.82 Å². The SMILES string of the molecule is CC(C)n1cc(CO)c2c(N)ncnc21. The van der Waals surface area contributed by atoms with Crippen LogP contribution in [-0.2, 0) is 6.61 Å². The molecule has 0 unspecified atom stereocenters. The zero-order chi connectivity index (χ0) is 11.0. The van der Waals surface area contributed by atoms with Gasteiger partial charge < -0.3 is 15.4 Å². The molecule has 0 bridgehead atoms. The Labute approximate surface area is 87.6 Å². The van der Waals surface area contributed by atoms with Crippen molar-refractivity contribution in [1.82, 2.24) is 14.5 Å². The molecule has 0 aliphatic carbocycles. The third-order valence-corrected chi connectivity index (χ3v) is 2.44. The maximum Gasteiger partial charge on any atom is 0.146 e. The van der Waals surface area contributed by atoms with E-state index in [1.807, 2.05) is 10.8 Å². The summed E-state index contributed by atoms with van der Waals surface area (Å²) < 4.78 is 1.99. The van der Waals surface area contributed by atoms with Crippen molar-refractivity contribution in [3.63, 3.8) is 0 Å². The predicted octanol–water partition coefficient (Wildman–Crippen LogP) is 1.09. The highest BCUT2D eigenvalue weighted by atomic mass is 16.3. The van der Waals surface area contributed by atoms with Crippen molar-refractivity contribution < 1.29 is 5.11 Å². The maximum absolute atomic E-state index is 9.23. The zero-order valence-electron chi connectivity index (χ0n) is 8.81. The molecule has 2 aromatic heterocycles. The average Bonchev–Trinajstić information content (AvgIpc) is 2.58. The first-order valence-electron chi connectivity index (χ1n) is 4.86. The Hall–Kier alpha value is -1.62. The van der Waals surface area contributed by atoms with Crippen LogP contribution in [0, 0.1) is 0 Å². The van der Waals surface area contributed by atoms with Gasteiger partial charge in [0.1, 0.15) is 17.8 Å². The molecule has 0 aromatic carbocycles. The number of nitrogens with zero attached hydrogens (tertiary/aromatic N) is 3. The summed E-state index contributed by atoms with van der Waals surface area (Å²) >= 11 is 0. The van der Waals surface area contributed by atoms with Gasteiger partial charge in [0.15, 0.2) is 0 Å². The summed E-state index contributed by atoms with van der Waals surface area (Å²) in [6.07, 6.45) is 3.32. The van der Waals surface area contributed by atoms with Crippen LogP contribution in [0.3, 0.4) is 0 Å². The lowest BCUT2D eigenvalue weighted by Crippen LogP contribution is -2.00. The fourth-order valence-corrected chi connectivity index (χ4v) is 1.70. The van der Waals surface area contributed by atoms with Crippen LogP contribution >= 0.6 is 0 Å². The molecular weight excluding hydrogens is 192 g/mol. The van der Waals surface area contributed by atoms with Crippen LogP contribution in [-0.4, -0.2) is 19.6 Å². The minimum absolute atomic E-state index is 0.0478. The van der Waals surface area contributed by atoms with E-state index in [1.54, 1.807) is 0 Å². The van der Waals surface area contributed by atoms with Gasteiger partial charge in [0.2, 0.25) is 0 Å². The van der Waals surface area contributed by atoms with Crippen LogP contribution in [0.25, 0.3) is 11.0 Å². The molecule has 0 atom stereocenters. The maximum atomic E-state index is 9.23. The monoisotopic (exact) mass is 206 g/mol. The Morgan fingerprint density at radius 3 is 2.80 bits per heavy atom. The lowest BCUT2D eigenvalue weighted by atomic mass is 10.2. The number of nitrogens with two attached hydrogens (primary N) is 1. The summed E-state index contributed by atoms with van der Waals surface area (Å²) in [5.74, 6) is 0.420. The first-order chi connectivity index (χ1) is 7.15. The Kier molecular flexibility index (Phi) is 2.32. The number of fused-ring (bicyclic) bond motifs is 1. The average molecular weight is 206 g/mol. The van der Waals surface area contributed by atoms with E-state index in [0.717, 1.165) is 16.6 Å². The first kappa shape index (κ1) is 9.92. The van der Waals surface area contributed by atoms with Crippen molar-refractivity contribution >= 4 is 16.9 Å². The second kappa shape index (κ2) is 3.51. The Morgan fingerprint density at radius 1 is 1.47 bits per heavy atom. The van der Waals surface area contributed by atoms with E-state index in [0.29, 0.717) is 5.82 Å². The third-order valence-electron chi connectivity index (χ3n) is 2.44. The molecule has 0 saturated heterocycles. The van der Waals surface area contributed by atoms with E-state index in [2.05, 4.69) is 23.8 Å². The van der Waals surface area contributed by atoms with Crippen LogP contribution in [0.1, 0.15) is 25.5 Å². The van der Waals surface area contributed by atoms with Gasteiger partial charge in [-0.05, 0) is 13.8 Å². The molecule has 0 fully saturated rings. The summed E-state index contributed by atoms with van der Waals surface area (Å²) in [5, 5.41) is 9.99. The Balaban J connectivity index is 2.81.